The summed E-state index contributed by atoms with van der Waals surface area (Å²) in [5, 5.41) is 13.4. The molecular weight excluding hydrogens is 334 g/mol. The summed E-state index contributed by atoms with van der Waals surface area (Å²) in [5.74, 6) is 0.290. The van der Waals surface area contributed by atoms with Crippen LogP contribution in [0.15, 0.2) is 27.4 Å². The third-order valence-corrected chi connectivity index (χ3v) is 5.15. The first kappa shape index (κ1) is 18.5. The van der Waals surface area contributed by atoms with E-state index in [1.807, 2.05) is 13.0 Å². The summed E-state index contributed by atoms with van der Waals surface area (Å²) >= 11 is 0. The number of aliphatic hydroxyl groups excluding tert-OH is 1. The predicted octanol–water partition coefficient (Wildman–Crippen LogP) is 2.60. The van der Waals surface area contributed by atoms with Gasteiger partial charge >= 0.3 is 5.63 Å². The molecule has 2 N–H and O–H groups in total. The zero-order chi connectivity index (χ0) is 18.8. The lowest BCUT2D eigenvalue weighted by atomic mass is 9.93. The van der Waals surface area contributed by atoms with E-state index in [9.17, 15) is 14.7 Å². The van der Waals surface area contributed by atoms with Crippen molar-refractivity contribution in [2.75, 3.05) is 0 Å². The highest BCUT2D eigenvalue weighted by Gasteiger charge is 2.23. The normalized spacial score (nSPS) is 21.4. The summed E-state index contributed by atoms with van der Waals surface area (Å²) in [6, 6.07) is 5.33. The molecule has 2 aromatic rings. The van der Waals surface area contributed by atoms with Gasteiger partial charge in [0.15, 0.2) is 6.10 Å². The minimum atomic E-state index is -0.669. The zero-order valence-corrected chi connectivity index (χ0v) is 15.4. The number of nitrogens with one attached hydrogen (secondary N) is 1. The molecule has 0 aliphatic heterocycles. The van der Waals surface area contributed by atoms with Gasteiger partial charge in [0.1, 0.15) is 11.3 Å². The number of hydrogen-bond acceptors (Lipinski definition) is 5. The van der Waals surface area contributed by atoms with Gasteiger partial charge in [-0.2, -0.15) is 0 Å². The molecule has 1 saturated carbocycles. The average molecular weight is 359 g/mol. The van der Waals surface area contributed by atoms with Crippen LogP contribution in [0.3, 0.4) is 0 Å². The Balaban J connectivity index is 1.69. The Labute approximate surface area is 152 Å². The maximum absolute atomic E-state index is 12.3. The fourth-order valence-electron chi connectivity index (χ4n) is 3.30. The van der Waals surface area contributed by atoms with Gasteiger partial charge in [0, 0.05) is 23.1 Å². The second-order valence-corrected chi connectivity index (χ2v) is 7.07. The maximum atomic E-state index is 12.3. The van der Waals surface area contributed by atoms with Crippen LogP contribution in [0.25, 0.3) is 11.0 Å². The molecule has 3 rings (SSSR count). The summed E-state index contributed by atoms with van der Waals surface area (Å²) in [4.78, 5) is 24.2. The molecule has 1 atom stereocenters. The number of fused-ring (bicyclic) bond motifs is 1. The van der Waals surface area contributed by atoms with Crippen molar-refractivity contribution in [3.05, 3.63) is 39.7 Å². The van der Waals surface area contributed by atoms with Gasteiger partial charge in [0.25, 0.3) is 5.91 Å². The van der Waals surface area contributed by atoms with Crippen molar-refractivity contribution in [1.29, 1.82) is 0 Å². The van der Waals surface area contributed by atoms with Gasteiger partial charge in [-0.25, -0.2) is 4.79 Å². The molecule has 0 bridgehead atoms. The quantitative estimate of drug-likeness (QED) is 0.819. The molecule has 140 valence electrons. The fraction of sp³-hybridized carbons (Fsp3) is 0.500. The van der Waals surface area contributed by atoms with Crippen LogP contribution >= 0.6 is 0 Å². The summed E-state index contributed by atoms with van der Waals surface area (Å²) in [7, 11) is 0. The van der Waals surface area contributed by atoms with Gasteiger partial charge in [-0.05, 0) is 64.2 Å². The standard InChI is InChI=1S/C20H25NO5/c1-11-12(2)20(24)26-18-10-16(8-9-17(11)18)25-13(3)19(23)21-14-4-6-15(22)7-5-14/h8-10,13-15,22H,4-7H2,1-3H3,(H,21,23). The second kappa shape index (κ2) is 7.50. The highest BCUT2D eigenvalue weighted by molar-refractivity contribution is 5.83. The number of aryl methyl sites for hydroxylation is 1. The molecular formula is C20H25NO5. The minimum absolute atomic E-state index is 0.0807. The van der Waals surface area contributed by atoms with E-state index in [0.717, 1.165) is 23.8 Å². The summed E-state index contributed by atoms with van der Waals surface area (Å²) in [6.45, 7) is 5.31. The third-order valence-electron chi connectivity index (χ3n) is 5.15. The van der Waals surface area contributed by atoms with Crippen LogP contribution in [0.4, 0.5) is 0 Å². The van der Waals surface area contributed by atoms with Gasteiger partial charge in [-0.3, -0.25) is 4.79 Å². The minimum Gasteiger partial charge on any atom is -0.481 e. The number of hydrogen-bond donors (Lipinski definition) is 2. The van der Waals surface area contributed by atoms with Crippen LogP contribution in [-0.2, 0) is 4.79 Å². The number of carbonyl (C=O) groups excluding carboxylic acids is 1. The molecule has 1 aliphatic rings. The summed E-state index contributed by atoms with van der Waals surface area (Å²) in [6.07, 6.45) is 2.05. The van der Waals surface area contributed by atoms with Crippen molar-refractivity contribution >= 4 is 16.9 Å². The number of benzene rings is 1. The van der Waals surface area contributed by atoms with Crippen LogP contribution in [0.1, 0.15) is 43.7 Å². The van der Waals surface area contributed by atoms with Gasteiger partial charge < -0.3 is 19.6 Å². The molecule has 1 amide bonds. The molecule has 6 heteroatoms. The number of ether oxygens (including phenoxy) is 1. The van der Waals surface area contributed by atoms with Crippen molar-refractivity contribution in [1.82, 2.24) is 5.32 Å². The van der Waals surface area contributed by atoms with Crippen LogP contribution in [0.5, 0.6) is 5.75 Å². The molecule has 0 spiro atoms. The molecule has 1 aromatic carbocycles. The van der Waals surface area contributed by atoms with E-state index in [1.54, 1.807) is 26.0 Å². The van der Waals surface area contributed by atoms with Crippen LogP contribution in [-0.4, -0.2) is 29.3 Å². The van der Waals surface area contributed by atoms with Crippen molar-refractivity contribution in [3.63, 3.8) is 0 Å². The largest absolute Gasteiger partial charge is 0.481 e. The molecule has 1 aromatic heterocycles. The topological polar surface area (TPSA) is 88.8 Å². The van der Waals surface area contributed by atoms with Crippen LogP contribution in [0, 0.1) is 13.8 Å². The number of aliphatic hydroxyl groups is 1. The van der Waals surface area contributed by atoms with Gasteiger partial charge in [0.05, 0.1) is 6.10 Å². The molecule has 1 aliphatic carbocycles. The van der Waals surface area contributed by atoms with Gasteiger partial charge in [-0.1, -0.05) is 0 Å². The van der Waals surface area contributed by atoms with Crippen molar-refractivity contribution in [2.24, 2.45) is 0 Å². The van der Waals surface area contributed by atoms with E-state index in [4.69, 9.17) is 9.15 Å². The Bertz CT molecular complexity index is 864. The SMILES string of the molecule is Cc1c(C)c2ccc(OC(C)C(=O)NC3CCC(O)CC3)cc2oc1=O. The summed E-state index contributed by atoms with van der Waals surface area (Å²) < 4.78 is 11.1. The van der Waals surface area contributed by atoms with E-state index in [2.05, 4.69) is 5.32 Å². The lowest BCUT2D eigenvalue weighted by Crippen LogP contribution is -2.44. The first-order valence-electron chi connectivity index (χ1n) is 9.04. The molecule has 1 heterocycles. The zero-order valence-electron chi connectivity index (χ0n) is 15.4. The second-order valence-electron chi connectivity index (χ2n) is 7.07. The molecule has 0 saturated heterocycles. The Hall–Kier alpha value is -2.34. The summed E-state index contributed by atoms with van der Waals surface area (Å²) in [5.41, 5.74) is 1.56. The highest BCUT2D eigenvalue weighted by atomic mass is 16.5. The van der Waals surface area contributed by atoms with Crippen LogP contribution in [0.2, 0.25) is 0 Å². The van der Waals surface area contributed by atoms with E-state index in [0.29, 0.717) is 29.7 Å². The number of amides is 1. The van der Waals surface area contributed by atoms with Crippen molar-refractivity contribution in [2.45, 2.75) is 64.7 Å². The Morgan fingerprint density at radius 3 is 2.62 bits per heavy atom. The molecule has 1 unspecified atom stereocenters. The van der Waals surface area contributed by atoms with Crippen LogP contribution < -0.4 is 15.7 Å². The molecule has 0 radical (unpaired) electrons. The van der Waals surface area contributed by atoms with Crippen molar-refractivity contribution in [3.8, 4) is 5.75 Å². The van der Waals surface area contributed by atoms with E-state index in [-0.39, 0.29) is 23.7 Å². The van der Waals surface area contributed by atoms with Gasteiger partial charge in [-0.15, -0.1) is 0 Å². The molecule has 6 nitrogen and oxygen atoms in total. The van der Waals surface area contributed by atoms with Gasteiger partial charge in [0.2, 0.25) is 0 Å². The fourth-order valence-corrected chi connectivity index (χ4v) is 3.30. The van der Waals surface area contributed by atoms with E-state index < -0.39 is 6.10 Å². The average Bonchev–Trinajstić information content (AvgIpc) is 2.61. The Kier molecular flexibility index (Phi) is 5.32. The smallest absolute Gasteiger partial charge is 0.339 e. The lowest BCUT2D eigenvalue weighted by Gasteiger charge is -2.27. The Morgan fingerprint density at radius 2 is 1.92 bits per heavy atom. The first-order valence-corrected chi connectivity index (χ1v) is 9.04. The monoisotopic (exact) mass is 359 g/mol. The highest BCUT2D eigenvalue weighted by Crippen LogP contribution is 2.25. The number of rotatable bonds is 4. The third kappa shape index (κ3) is 3.90. The lowest BCUT2D eigenvalue weighted by molar-refractivity contribution is -0.128. The van der Waals surface area contributed by atoms with Crippen molar-refractivity contribution < 1.29 is 19.1 Å². The molecule has 26 heavy (non-hydrogen) atoms. The number of carbonyl (C=O) groups is 1. The molecule has 1 fully saturated rings. The maximum Gasteiger partial charge on any atom is 0.339 e. The van der Waals surface area contributed by atoms with E-state index >= 15 is 0 Å². The predicted molar refractivity (Wildman–Crippen MR) is 98.5 cm³/mol. The first-order chi connectivity index (χ1) is 12.3. The van der Waals surface area contributed by atoms with E-state index in [1.165, 1.54) is 0 Å². The Morgan fingerprint density at radius 1 is 1.23 bits per heavy atom.